The van der Waals surface area contributed by atoms with E-state index in [0.29, 0.717) is 0 Å². The van der Waals surface area contributed by atoms with Gasteiger partial charge in [-0.25, -0.2) is 9.97 Å². The van der Waals surface area contributed by atoms with Gasteiger partial charge in [-0.05, 0) is 24.6 Å². The highest BCUT2D eigenvalue weighted by Gasteiger charge is 2.02. The van der Waals surface area contributed by atoms with E-state index in [0.717, 1.165) is 16.8 Å². The molecule has 0 aliphatic rings. The van der Waals surface area contributed by atoms with Crippen molar-refractivity contribution in [1.29, 1.82) is 0 Å². The van der Waals surface area contributed by atoms with Gasteiger partial charge in [-0.2, -0.15) is 0 Å². The summed E-state index contributed by atoms with van der Waals surface area (Å²) in [5, 5.41) is 9.32. The minimum absolute atomic E-state index is 0.255. The molecule has 0 saturated heterocycles. The number of aromatic nitrogens is 2. The lowest BCUT2D eigenvalue weighted by Crippen LogP contribution is -1.88. The third-order valence-electron chi connectivity index (χ3n) is 2.07. The fourth-order valence-electron chi connectivity index (χ4n) is 1.35. The molecule has 1 heterocycles. The fourth-order valence-corrected chi connectivity index (χ4v) is 1.35. The number of phenols is 1. The van der Waals surface area contributed by atoms with E-state index in [1.54, 1.807) is 24.4 Å². The second-order valence-corrected chi connectivity index (χ2v) is 3.07. The molecule has 0 fully saturated rings. The summed E-state index contributed by atoms with van der Waals surface area (Å²) in [6.07, 6.45) is 3.26. The average molecular weight is 186 g/mol. The number of aromatic hydroxyl groups is 1. The van der Waals surface area contributed by atoms with Crippen molar-refractivity contribution in [2.45, 2.75) is 6.92 Å². The zero-order valence-electron chi connectivity index (χ0n) is 7.81. The molecule has 0 atom stereocenters. The van der Waals surface area contributed by atoms with Crippen molar-refractivity contribution in [3.05, 3.63) is 42.5 Å². The molecule has 0 saturated carbocycles. The van der Waals surface area contributed by atoms with Crippen molar-refractivity contribution in [3.8, 4) is 16.9 Å². The van der Waals surface area contributed by atoms with Crippen LogP contribution in [0.2, 0.25) is 0 Å². The van der Waals surface area contributed by atoms with Crippen LogP contribution in [0.5, 0.6) is 5.75 Å². The summed E-state index contributed by atoms with van der Waals surface area (Å²) in [4.78, 5) is 8.05. The van der Waals surface area contributed by atoms with E-state index in [-0.39, 0.29) is 5.75 Å². The zero-order chi connectivity index (χ0) is 9.97. The molecule has 3 nitrogen and oxygen atoms in total. The third kappa shape index (κ3) is 1.57. The molecule has 0 aliphatic heterocycles. The molecular formula is C11H10N2O. The Morgan fingerprint density at radius 1 is 1.29 bits per heavy atom. The van der Waals surface area contributed by atoms with E-state index in [2.05, 4.69) is 9.97 Å². The Morgan fingerprint density at radius 3 is 2.86 bits per heavy atom. The van der Waals surface area contributed by atoms with Gasteiger partial charge in [0.2, 0.25) is 0 Å². The van der Waals surface area contributed by atoms with E-state index in [9.17, 15) is 5.11 Å². The highest BCUT2D eigenvalue weighted by Crippen LogP contribution is 2.23. The van der Waals surface area contributed by atoms with Gasteiger partial charge in [0.1, 0.15) is 12.1 Å². The standard InChI is InChI=1S/C11H10N2O/c1-8-11(6-12-7-13-8)9-3-2-4-10(14)5-9/h2-7,14H,1H3. The van der Waals surface area contributed by atoms with Crippen LogP contribution in [0.1, 0.15) is 5.69 Å². The van der Waals surface area contributed by atoms with E-state index < -0.39 is 0 Å². The molecule has 0 spiro atoms. The van der Waals surface area contributed by atoms with Gasteiger partial charge in [-0.1, -0.05) is 12.1 Å². The normalized spacial score (nSPS) is 10.1. The molecule has 70 valence electrons. The molecule has 0 amide bonds. The van der Waals surface area contributed by atoms with Gasteiger partial charge < -0.3 is 5.11 Å². The fraction of sp³-hybridized carbons (Fsp3) is 0.0909. The zero-order valence-corrected chi connectivity index (χ0v) is 7.81. The van der Waals surface area contributed by atoms with Gasteiger partial charge in [0.25, 0.3) is 0 Å². The van der Waals surface area contributed by atoms with Crippen molar-refractivity contribution in [3.63, 3.8) is 0 Å². The summed E-state index contributed by atoms with van der Waals surface area (Å²) >= 11 is 0. The smallest absolute Gasteiger partial charge is 0.116 e. The van der Waals surface area contributed by atoms with Crippen LogP contribution in [0.25, 0.3) is 11.1 Å². The van der Waals surface area contributed by atoms with Crippen molar-refractivity contribution in [1.82, 2.24) is 9.97 Å². The van der Waals surface area contributed by atoms with Crippen molar-refractivity contribution < 1.29 is 5.11 Å². The number of rotatable bonds is 1. The molecule has 14 heavy (non-hydrogen) atoms. The largest absolute Gasteiger partial charge is 0.508 e. The van der Waals surface area contributed by atoms with Crippen LogP contribution in [0.4, 0.5) is 0 Å². The maximum Gasteiger partial charge on any atom is 0.116 e. The van der Waals surface area contributed by atoms with Crippen LogP contribution in [0.3, 0.4) is 0 Å². The molecule has 2 aromatic rings. The van der Waals surface area contributed by atoms with Crippen molar-refractivity contribution in [2.75, 3.05) is 0 Å². The summed E-state index contributed by atoms with van der Waals surface area (Å²) in [5.41, 5.74) is 2.79. The lowest BCUT2D eigenvalue weighted by molar-refractivity contribution is 0.475. The van der Waals surface area contributed by atoms with Gasteiger partial charge in [-0.3, -0.25) is 0 Å². The first-order valence-corrected chi connectivity index (χ1v) is 4.33. The number of nitrogens with zero attached hydrogens (tertiary/aromatic N) is 2. The second-order valence-electron chi connectivity index (χ2n) is 3.07. The first-order chi connectivity index (χ1) is 6.77. The Kier molecular flexibility index (Phi) is 2.14. The number of hydrogen-bond acceptors (Lipinski definition) is 3. The van der Waals surface area contributed by atoms with E-state index in [4.69, 9.17) is 0 Å². The lowest BCUT2D eigenvalue weighted by Gasteiger charge is -2.03. The quantitative estimate of drug-likeness (QED) is 0.742. The van der Waals surface area contributed by atoms with Crippen molar-refractivity contribution in [2.24, 2.45) is 0 Å². The first-order valence-electron chi connectivity index (χ1n) is 4.33. The molecule has 1 N–H and O–H groups in total. The summed E-state index contributed by atoms with van der Waals surface area (Å²) < 4.78 is 0. The Morgan fingerprint density at radius 2 is 2.14 bits per heavy atom. The Bertz CT molecular complexity index is 455. The van der Waals surface area contributed by atoms with Gasteiger partial charge in [0, 0.05) is 17.5 Å². The average Bonchev–Trinajstić information content (AvgIpc) is 2.18. The summed E-state index contributed by atoms with van der Waals surface area (Å²) in [6.45, 7) is 1.92. The van der Waals surface area contributed by atoms with Gasteiger partial charge >= 0.3 is 0 Å². The maximum atomic E-state index is 9.32. The maximum absolute atomic E-state index is 9.32. The SMILES string of the molecule is Cc1ncncc1-c1cccc(O)c1. The van der Waals surface area contributed by atoms with Crippen LogP contribution in [0, 0.1) is 6.92 Å². The number of phenolic OH excluding ortho intramolecular Hbond substituents is 1. The van der Waals surface area contributed by atoms with Gasteiger partial charge in [0.05, 0.1) is 0 Å². The molecule has 1 aromatic carbocycles. The Balaban J connectivity index is 2.55. The number of hydrogen-bond donors (Lipinski definition) is 1. The van der Waals surface area contributed by atoms with Crippen LogP contribution < -0.4 is 0 Å². The minimum atomic E-state index is 0.255. The topological polar surface area (TPSA) is 46.0 Å². The molecule has 0 aliphatic carbocycles. The van der Waals surface area contributed by atoms with Gasteiger partial charge in [-0.15, -0.1) is 0 Å². The lowest BCUT2D eigenvalue weighted by atomic mass is 10.1. The summed E-state index contributed by atoms with van der Waals surface area (Å²) in [7, 11) is 0. The van der Waals surface area contributed by atoms with E-state index in [1.165, 1.54) is 6.33 Å². The van der Waals surface area contributed by atoms with Crippen LogP contribution in [-0.4, -0.2) is 15.1 Å². The summed E-state index contributed by atoms with van der Waals surface area (Å²) in [5.74, 6) is 0.255. The summed E-state index contributed by atoms with van der Waals surface area (Å²) in [6, 6.07) is 7.07. The molecule has 3 heteroatoms. The highest BCUT2D eigenvalue weighted by molar-refractivity contribution is 5.65. The van der Waals surface area contributed by atoms with Crippen LogP contribution >= 0.6 is 0 Å². The Hall–Kier alpha value is -1.90. The van der Waals surface area contributed by atoms with E-state index in [1.807, 2.05) is 13.0 Å². The molecule has 0 unspecified atom stereocenters. The predicted octanol–water partition coefficient (Wildman–Crippen LogP) is 2.16. The van der Waals surface area contributed by atoms with E-state index >= 15 is 0 Å². The van der Waals surface area contributed by atoms with Crippen LogP contribution in [0.15, 0.2) is 36.8 Å². The van der Waals surface area contributed by atoms with Gasteiger partial charge in [0.15, 0.2) is 0 Å². The molecule has 0 radical (unpaired) electrons. The number of aryl methyl sites for hydroxylation is 1. The highest BCUT2D eigenvalue weighted by atomic mass is 16.3. The first kappa shape index (κ1) is 8.69. The minimum Gasteiger partial charge on any atom is -0.508 e. The molecule has 1 aromatic heterocycles. The predicted molar refractivity (Wildman–Crippen MR) is 53.9 cm³/mol. The third-order valence-corrected chi connectivity index (χ3v) is 2.07. The molecular weight excluding hydrogens is 176 g/mol. The second kappa shape index (κ2) is 3.46. The monoisotopic (exact) mass is 186 g/mol. The van der Waals surface area contributed by atoms with Crippen LogP contribution in [-0.2, 0) is 0 Å². The van der Waals surface area contributed by atoms with Crippen molar-refractivity contribution >= 4 is 0 Å². The molecule has 0 bridgehead atoms. The number of benzene rings is 1. The molecule has 2 rings (SSSR count). The Labute approximate surface area is 82.1 Å².